The van der Waals surface area contributed by atoms with Crippen LogP contribution in [0.3, 0.4) is 0 Å². The van der Waals surface area contributed by atoms with Crippen LogP contribution >= 0.6 is 23.2 Å². The molecule has 25 heavy (non-hydrogen) atoms. The number of aromatic amines is 1. The lowest BCUT2D eigenvalue weighted by Gasteiger charge is -2.09. The highest BCUT2D eigenvalue weighted by Crippen LogP contribution is 2.29. The predicted octanol–water partition coefficient (Wildman–Crippen LogP) is 3.05. The second-order valence-corrected chi connectivity index (χ2v) is 7.85. The molecule has 0 fully saturated rings. The molecule has 2 aromatic carbocycles. The molecule has 3 aromatic rings. The molecule has 0 spiro atoms. The Morgan fingerprint density at radius 3 is 2.56 bits per heavy atom. The molecule has 3 rings (SSSR count). The largest absolute Gasteiger partial charge is 0.364 e. The highest BCUT2D eigenvalue weighted by molar-refractivity contribution is 7.89. The standard InChI is InChI=1S/C16H13Cl2N3O3S/c17-10-5-6-13-11(7-10)15(14(21-13)16(19)22)25(23,24)20-8-9-3-1-2-4-12(9)18/h1-7,20-21H,8H2,(H2,19,22). The van der Waals surface area contributed by atoms with Crippen molar-refractivity contribution in [2.45, 2.75) is 11.4 Å². The molecular formula is C16H13Cl2N3O3S. The van der Waals surface area contributed by atoms with Gasteiger partial charge in [-0.05, 0) is 29.8 Å². The van der Waals surface area contributed by atoms with Crippen molar-refractivity contribution < 1.29 is 13.2 Å². The van der Waals surface area contributed by atoms with Crippen molar-refractivity contribution in [2.24, 2.45) is 5.73 Å². The Balaban J connectivity index is 2.07. The van der Waals surface area contributed by atoms with Crippen molar-refractivity contribution >= 4 is 50.0 Å². The number of nitrogens with one attached hydrogen (secondary N) is 2. The van der Waals surface area contributed by atoms with Gasteiger partial charge in [-0.15, -0.1) is 0 Å². The van der Waals surface area contributed by atoms with E-state index in [-0.39, 0.29) is 22.5 Å². The van der Waals surface area contributed by atoms with E-state index in [0.29, 0.717) is 21.1 Å². The first-order valence-electron chi connectivity index (χ1n) is 7.13. The average molecular weight is 398 g/mol. The molecule has 6 nitrogen and oxygen atoms in total. The lowest BCUT2D eigenvalue weighted by Crippen LogP contribution is -2.26. The summed E-state index contributed by atoms with van der Waals surface area (Å²) in [5, 5.41) is 1.06. The zero-order valence-corrected chi connectivity index (χ0v) is 15.0. The molecule has 1 amide bonds. The van der Waals surface area contributed by atoms with Crippen LogP contribution in [0.2, 0.25) is 10.0 Å². The van der Waals surface area contributed by atoms with E-state index in [2.05, 4.69) is 9.71 Å². The van der Waals surface area contributed by atoms with Gasteiger partial charge in [-0.2, -0.15) is 0 Å². The van der Waals surface area contributed by atoms with Crippen LogP contribution in [0.4, 0.5) is 0 Å². The van der Waals surface area contributed by atoms with E-state index in [9.17, 15) is 13.2 Å². The minimum atomic E-state index is -4.05. The number of carbonyl (C=O) groups excluding carboxylic acids is 1. The zero-order chi connectivity index (χ0) is 18.2. The number of primary amides is 1. The number of H-pyrrole nitrogens is 1. The first-order chi connectivity index (χ1) is 11.8. The number of carbonyl (C=O) groups is 1. The summed E-state index contributed by atoms with van der Waals surface area (Å²) >= 11 is 12.0. The van der Waals surface area contributed by atoms with Gasteiger partial charge >= 0.3 is 0 Å². The van der Waals surface area contributed by atoms with Crippen molar-refractivity contribution in [2.75, 3.05) is 0 Å². The Hall–Kier alpha value is -2.06. The summed E-state index contributed by atoms with van der Waals surface area (Å²) in [4.78, 5) is 14.2. The number of benzene rings is 2. The maximum absolute atomic E-state index is 12.8. The van der Waals surface area contributed by atoms with E-state index in [1.54, 1.807) is 36.4 Å². The first-order valence-corrected chi connectivity index (χ1v) is 9.37. The molecule has 4 N–H and O–H groups in total. The number of hydrogen-bond acceptors (Lipinski definition) is 3. The van der Waals surface area contributed by atoms with Crippen LogP contribution in [0.1, 0.15) is 16.1 Å². The number of amides is 1. The number of sulfonamides is 1. The van der Waals surface area contributed by atoms with Gasteiger partial charge in [0, 0.05) is 27.5 Å². The fraction of sp³-hybridized carbons (Fsp3) is 0.0625. The van der Waals surface area contributed by atoms with Gasteiger partial charge in [0.1, 0.15) is 10.6 Å². The highest BCUT2D eigenvalue weighted by Gasteiger charge is 2.27. The zero-order valence-electron chi connectivity index (χ0n) is 12.7. The number of nitrogens with two attached hydrogens (primary N) is 1. The van der Waals surface area contributed by atoms with Crippen molar-refractivity contribution in [1.82, 2.24) is 9.71 Å². The molecule has 0 unspecified atom stereocenters. The highest BCUT2D eigenvalue weighted by atomic mass is 35.5. The van der Waals surface area contributed by atoms with Gasteiger partial charge in [0.15, 0.2) is 0 Å². The average Bonchev–Trinajstić information content (AvgIpc) is 2.94. The fourth-order valence-corrected chi connectivity index (χ4v) is 4.22. The van der Waals surface area contributed by atoms with E-state index < -0.39 is 15.9 Å². The molecule has 130 valence electrons. The van der Waals surface area contributed by atoms with Crippen LogP contribution < -0.4 is 10.5 Å². The third-order valence-corrected chi connectivity index (χ3v) is 5.73. The second-order valence-electron chi connectivity index (χ2n) is 5.30. The quantitative estimate of drug-likeness (QED) is 0.615. The topological polar surface area (TPSA) is 105 Å². The Morgan fingerprint density at radius 2 is 1.88 bits per heavy atom. The van der Waals surface area contributed by atoms with E-state index in [1.807, 2.05) is 0 Å². The molecule has 0 saturated heterocycles. The SMILES string of the molecule is NC(=O)c1[nH]c2ccc(Cl)cc2c1S(=O)(=O)NCc1ccccc1Cl. The second kappa shape index (κ2) is 6.68. The number of hydrogen-bond donors (Lipinski definition) is 3. The van der Waals surface area contributed by atoms with Crippen LogP contribution in [0.15, 0.2) is 47.4 Å². The van der Waals surface area contributed by atoms with E-state index in [4.69, 9.17) is 28.9 Å². The number of halogens is 2. The number of rotatable bonds is 5. The molecule has 0 radical (unpaired) electrons. The fourth-order valence-electron chi connectivity index (χ4n) is 2.48. The molecule has 0 bridgehead atoms. The molecule has 0 atom stereocenters. The number of fused-ring (bicyclic) bond motifs is 1. The molecule has 0 aliphatic heterocycles. The summed E-state index contributed by atoms with van der Waals surface area (Å²) in [6.45, 7) is -0.0343. The Kier molecular flexibility index (Phi) is 4.75. The normalized spacial score (nSPS) is 11.8. The van der Waals surface area contributed by atoms with Gasteiger partial charge in [0.05, 0.1) is 0 Å². The van der Waals surface area contributed by atoms with Crippen molar-refractivity contribution in [3.63, 3.8) is 0 Å². The van der Waals surface area contributed by atoms with Crippen LogP contribution in [-0.4, -0.2) is 19.3 Å². The van der Waals surface area contributed by atoms with E-state index >= 15 is 0 Å². The lowest BCUT2D eigenvalue weighted by molar-refractivity contribution is 0.0993. The van der Waals surface area contributed by atoms with Crippen LogP contribution in [0.25, 0.3) is 10.9 Å². The maximum Gasteiger partial charge on any atom is 0.266 e. The molecular weight excluding hydrogens is 385 g/mol. The monoisotopic (exact) mass is 397 g/mol. The smallest absolute Gasteiger partial charge is 0.266 e. The lowest BCUT2D eigenvalue weighted by atomic mass is 10.2. The van der Waals surface area contributed by atoms with Gasteiger partial charge < -0.3 is 10.7 Å². The third-order valence-electron chi connectivity index (χ3n) is 3.64. The molecule has 1 aromatic heterocycles. The molecule has 9 heteroatoms. The van der Waals surface area contributed by atoms with E-state index in [0.717, 1.165) is 0 Å². The summed E-state index contributed by atoms with van der Waals surface area (Å²) in [6, 6.07) is 11.5. The maximum atomic E-state index is 12.8. The molecule has 1 heterocycles. The summed E-state index contributed by atoms with van der Waals surface area (Å²) in [5.41, 5.74) is 6.17. The molecule has 0 aliphatic carbocycles. The Bertz CT molecular complexity index is 1080. The minimum Gasteiger partial charge on any atom is -0.364 e. The van der Waals surface area contributed by atoms with E-state index in [1.165, 1.54) is 6.07 Å². The van der Waals surface area contributed by atoms with Crippen LogP contribution in [-0.2, 0) is 16.6 Å². The Morgan fingerprint density at radius 1 is 1.16 bits per heavy atom. The van der Waals surface area contributed by atoms with Crippen molar-refractivity contribution in [1.29, 1.82) is 0 Å². The van der Waals surface area contributed by atoms with Gasteiger partial charge in [0.2, 0.25) is 10.0 Å². The number of aromatic nitrogens is 1. The van der Waals surface area contributed by atoms with Crippen LogP contribution in [0.5, 0.6) is 0 Å². The minimum absolute atomic E-state index is 0.0343. The van der Waals surface area contributed by atoms with Gasteiger partial charge in [-0.3, -0.25) is 4.79 Å². The molecule has 0 aliphatic rings. The third kappa shape index (κ3) is 3.50. The summed E-state index contributed by atoms with van der Waals surface area (Å²) in [7, 11) is -4.05. The van der Waals surface area contributed by atoms with Gasteiger partial charge in [0.25, 0.3) is 5.91 Å². The summed E-state index contributed by atoms with van der Waals surface area (Å²) in [6.07, 6.45) is 0. The summed E-state index contributed by atoms with van der Waals surface area (Å²) in [5.74, 6) is -0.884. The first kappa shape index (κ1) is 17.8. The Labute approximate surface area is 154 Å². The predicted molar refractivity (Wildman–Crippen MR) is 97.3 cm³/mol. The van der Waals surface area contributed by atoms with Gasteiger partial charge in [-0.25, -0.2) is 13.1 Å². The summed E-state index contributed by atoms with van der Waals surface area (Å²) < 4.78 is 28.0. The van der Waals surface area contributed by atoms with Crippen molar-refractivity contribution in [3.05, 3.63) is 63.8 Å². The van der Waals surface area contributed by atoms with Crippen molar-refractivity contribution in [3.8, 4) is 0 Å². The van der Waals surface area contributed by atoms with Crippen LogP contribution in [0, 0.1) is 0 Å². The molecule has 0 saturated carbocycles. The van der Waals surface area contributed by atoms with Gasteiger partial charge in [-0.1, -0.05) is 41.4 Å².